The van der Waals surface area contributed by atoms with E-state index in [0.29, 0.717) is 24.7 Å². The van der Waals surface area contributed by atoms with Crippen molar-refractivity contribution in [2.75, 3.05) is 27.4 Å². The van der Waals surface area contributed by atoms with Gasteiger partial charge >= 0.3 is 0 Å². The lowest BCUT2D eigenvalue weighted by molar-refractivity contribution is 0.283. The summed E-state index contributed by atoms with van der Waals surface area (Å²) in [7, 11) is 3.23. The lowest BCUT2D eigenvalue weighted by Crippen LogP contribution is -2.05. The minimum Gasteiger partial charge on any atom is -0.493 e. The van der Waals surface area contributed by atoms with Crippen molar-refractivity contribution in [1.82, 2.24) is 0 Å². The van der Waals surface area contributed by atoms with Crippen LogP contribution in [-0.4, -0.2) is 27.4 Å². The van der Waals surface area contributed by atoms with Gasteiger partial charge in [0.15, 0.2) is 11.5 Å². The van der Waals surface area contributed by atoms with Gasteiger partial charge < -0.3 is 19.9 Å². The van der Waals surface area contributed by atoms with Gasteiger partial charge in [0.1, 0.15) is 0 Å². The highest BCUT2D eigenvalue weighted by atomic mass is 35.5. The summed E-state index contributed by atoms with van der Waals surface area (Å²) in [5.74, 6) is 2.04. The first-order valence-corrected chi connectivity index (χ1v) is 5.84. The van der Waals surface area contributed by atoms with E-state index in [0.717, 1.165) is 24.2 Å². The van der Waals surface area contributed by atoms with E-state index in [-0.39, 0.29) is 12.4 Å². The van der Waals surface area contributed by atoms with Crippen LogP contribution in [0.2, 0.25) is 0 Å². The molecule has 0 aliphatic carbocycles. The van der Waals surface area contributed by atoms with Crippen LogP contribution >= 0.6 is 12.4 Å². The zero-order valence-electron chi connectivity index (χ0n) is 11.2. The van der Waals surface area contributed by atoms with Crippen molar-refractivity contribution >= 4 is 12.4 Å². The number of hydrogen-bond acceptors (Lipinski definition) is 4. The van der Waals surface area contributed by atoms with Gasteiger partial charge in [-0.2, -0.15) is 0 Å². The molecule has 0 fully saturated rings. The first-order valence-electron chi connectivity index (χ1n) is 5.84. The fourth-order valence-electron chi connectivity index (χ4n) is 1.61. The number of ether oxygens (including phenoxy) is 3. The normalized spacial score (nSPS) is 9.56. The molecule has 0 aliphatic rings. The maximum Gasteiger partial charge on any atom is 0.203 e. The Hall–Kier alpha value is -1.13. The Morgan fingerprint density at radius 3 is 2.28 bits per heavy atom. The molecule has 0 atom stereocenters. The van der Waals surface area contributed by atoms with Crippen molar-refractivity contribution in [2.45, 2.75) is 19.8 Å². The quantitative estimate of drug-likeness (QED) is 0.830. The van der Waals surface area contributed by atoms with Gasteiger partial charge in [0.2, 0.25) is 5.75 Å². The van der Waals surface area contributed by atoms with E-state index >= 15 is 0 Å². The summed E-state index contributed by atoms with van der Waals surface area (Å²) in [6.07, 6.45) is 1.75. The Morgan fingerprint density at radius 1 is 1.11 bits per heavy atom. The second-order valence-electron chi connectivity index (χ2n) is 3.72. The van der Waals surface area contributed by atoms with Gasteiger partial charge in [0.05, 0.1) is 20.8 Å². The molecule has 0 aliphatic heterocycles. The van der Waals surface area contributed by atoms with Crippen LogP contribution in [-0.2, 0) is 6.42 Å². The molecule has 0 amide bonds. The van der Waals surface area contributed by atoms with Gasteiger partial charge in [-0.05, 0) is 37.1 Å². The maximum atomic E-state index is 5.66. The molecule has 0 saturated carbocycles. The van der Waals surface area contributed by atoms with Crippen molar-refractivity contribution in [3.05, 3.63) is 17.7 Å². The van der Waals surface area contributed by atoms with E-state index in [2.05, 4.69) is 6.92 Å². The van der Waals surface area contributed by atoms with Crippen molar-refractivity contribution in [1.29, 1.82) is 0 Å². The second-order valence-corrected chi connectivity index (χ2v) is 3.72. The Bertz CT molecular complexity index is 358. The largest absolute Gasteiger partial charge is 0.493 e. The number of nitrogens with two attached hydrogens (primary N) is 1. The van der Waals surface area contributed by atoms with Crippen molar-refractivity contribution in [3.63, 3.8) is 0 Å². The fourth-order valence-corrected chi connectivity index (χ4v) is 1.61. The summed E-state index contributed by atoms with van der Waals surface area (Å²) >= 11 is 0. The maximum absolute atomic E-state index is 5.66. The Balaban J connectivity index is 0.00000289. The Morgan fingerprint density at radius 2 is 1.78 bits per heavy atom. The molecule has 0 spiro atoms. The van der Waals surface area contributed by atoms with E-state index in [9.17, 15) is 0 Å². The smallest absolute Gasteiger partial charge is 0.203 e. The summed E-state index contributed by atoms with van der Waals surface area (Å²) in [4.78, 5) is 0. The van der Waals surface area contributed by atoms with E-state index in [1.807, 2.05) is 12.1 Å². The number of halogens is 1. The molecule has 5 heteroatoms. The van der Waals surface area contributed by atoms with Crippen LogP contribution in [0.25, 0.3) is 0 Å². The molecule has 1 aromatic rings. The van der Waals surface area contributed by atoms with Crippen LogP contribution in [0, 0.1) is 0 Å². The number of rotatable bonds is 7. The van der Waals surface area contributed by atoms with Crippen LogP contribution in [0.15, 0.2) is 12.1 Å². The van der Waals surface area contributed by atoms with Crippen LogP contribution in [0.5, 0.6) is 17.2 Å². The van der Waals surface area contributed by atoms with Crippen LogP contribution < -0.4 is 19.9 Å². The molecule has 0 aromatic heterocycles. The molecule has 0 radical (unpaired) electrons. The van der Waals surface area contributed by atoms with Gasteiger partial charge in [-0.15, -0.1) is 12.4 Å². The average Bonchev–Trinajstić information content (AvgIpc) is 2.35. The monoisotopic (exact) mass is 275 g/mol. The van der Waals surface area contributed by atoms with Crippen LogP contribution in [0.3, 0.4) is 0 Å². The highest BCUT2D eigenvalue weighted by Crippen LogP contribution is 2.38. The summed E-state index contributed by atoms with van der Waals surface area (Å²) in [6, 6.07) is 3.90. The molecule has 1 aromatic carbocycles. The van der Waals surface area contributed by atoms with Gasteiger partial charge in [-0.3, -0.25) is 0 Å². The minimum absolute atomic E-state index is 0. The van der Waals surface area contributed by atoms with Gasteiger partial charge in [-0.1, -0.05) is 6.92 Å². The van der Waals surface area contributed by atoms with Gasteiger partial charge in [-0.25, -0.2) is 0 Å². The highest BCUT2D eigenvalue weighted by Gasteiger charge is 2.13. The Kier molecular flexibility index (Phi) is 8.33. The third-order valence-corrected chi connectivity index (χ3v) is 2.40. The molecule has 1 rings (SSSR count). The van der Waals surface area contributed by atoms with Gasteiger partial charge in [0.25, 0.3) is 0 Å². The molecule has 0 heterocycles. The average molecular weight is 276 g/mol. The molecular formula is C13H22ClNO3. The molecule has 0 saturated heterocycles. The first-order chi connectivity index (χ1) is 8.26. The topological polar surface area (TPSA) is 53.7 Å². The molecule has 0 bridgehead atoms. The molecule has 104 valence electrons. The van der Waals surface area contributed by atoms with Crippen LogP contribution in [0.1, 0.15) is 18.9 Å². The van der Waals surface area contributed by atoms with E-state index < -0.39 is 0 Å². The molecule has 4 nitrogen and oxygen atoms in total. The predicted molar refractivity (Wildman–Crippen MR) is 75.3 cm³/mol. The SMILES string of the molecule is CCCOc1cc(CCN)cc(OC)c1OC.Cl. The van der Waals surface area contributed by atoms with E-state index in [1.165, 1.54) is 0 Å². The van der Waals surface area contributed by atoms with Crippen molar-refractivity contribution < 1.29 is 14.2 Å². The standard InChI is InChI=1S/C13H21NO3.ClH/c1-4-7-17-12-9-10(5-6-14)8-11(15-2)13(12)16-3;/h8-9H,4-7,14H2,1-3H3;1H. The summed E-state index contributed by atoms with van der Waals surface area (Å²) in [5.41, 5.74) is 6.65. The predicted octanol–water partition coefficient (Wildman–Crippen LogP) is 2.42. The Labute approximate surface area is 115 Å². The third kappa shape index (κ3) is 4.27. The summed E-state index contributed by atoms with van der Waals surface area (Å²) < 4.78 is 16.3. The van der Waals surface area contributed by atoms with E-state index in [4.69, 9.17) is 19.9 Å². The highest BCUT2D eigenvalue weighted by molar-refractivity contribution is 5.85. The zero-order valence-corrected chi connectivity index (χ0v) is 12.0. The summed E-state index contributed by atoms with van der Waals surface area (Å²) in [5, 5.41) is 0. The van der Waals surface area contributed by atoms with Gasteiger partial charge in [0, 0.05) is 0 Å². The summed E-state index contributed by atoms with van der Waals surface area (Å²) in [6.45, 7) is 3.32. The van der Waals surface area contributed by atoms with Crippen molar-refractivity contribution in [2.24, 2.45) is 5.73 Å². The molecule has 2 N–H and O–H groups in total. The van der Waals surface area contributed by atoms with Crippen molar-refractivity contribution in [3.8, 4) is 17.2 Å². The number of hydrogen-bond donors (Lipinski definition) is 1. The second kappa shape index (κ2) is 8.89. The lowest BCUT2D eigenvalue weighted by Gasteiger charge is -2.15. The molecular weight excluding hydrogens is 254 g/mol. The zero-order chi connectivity index (χ0) is 12.7. The number of methoxy groups -OCH3 is 2. The molecule has 18 heavy (non-hydrogen) atoms. The molecule has 0 unspecified atom stereocenters. The number of benzene rings is 1. The fraction of sp³-hybridized carbons (Fsp3) is 0.538. The lowest BCUT2D eigenvalue weighted by atomic mass is 10.1. The third-order valence-electron chi connectivity index (χ3n) is 2.40. The van der Waals surface area contributed by atoms with E-state index in [1.54, 1.807) is 14.2 Å². The minimum atomic E-state index is 0. The first kappa shape index (κ1) is 16.9. The van der Waals surface area contributed by atoms with Crippen LogP contribution in [0.4, 0.5) is 0 Å².